The van der Waals surface area contributed by atoms with Crippen molar-refractivity contribution in [1.29, 1.82) is 0 Å². The topological polar surface area (TPSA) is 69.7 Å². The lowest BCUT2D eigenvalue weighted by atomic mass is 10.0. The maximum absolute atomic E-state index is 11.4. The van der Waals surface area contributed by atoms with Gasteiger partial charge in [-0.25, -0.2) is 0 Å². The number of rotatable bonds is 3. The van der Waals surface area contributed by atoms with Crippen molar-refractivity contribution in [2.24, 2.45) is 5.92 Å². The van der Waals surface area contributed by atoms with Gasteiger partial charge in [-0.1, -0.05) is 0 Å². The van der Waals surface area contributed by atoms with E-state index in [9.17, 15) is 14.4 Å². The van der Waals surface area contributed by atoms with E-state index in [2.05, 4.69) is 4.74 Å². The molecule has 0 aromatic heterocycles. The van der Waals surface area contributed by atoms with Crippen LogP contribution in [0.5, 0.6) is 0 Å². The molecule has 5 nitrogen and oxygen atoms in total. The zero-order valence-electron chi connectivity index (χ0n) is 8.82. The highest BCUT2D eigenvalue weighted by atomic mass is 16.5. The molecule has 84 valence electrons. The second-order valence-electron chi connectivity index (χ2n) is 3.54. The summed E-state index contributed by atoms with van der Waals surface area (Å²) in [5.74, 6) is -1.44. The Morgan fingerprint density at radius 3 is 2.67 bits per heavy atom. The summed E-state index contributed by atoms with van der Waals surface area (Å²) >= 11 is 0. The van der Waals surface area contributed by atoms with Crippen molar-refractivity contribution in [3.05, 3.63) is 0 Å². The molecule has 0 aromatic rings. The first-order chi connectivity index (χ1) is 7.04. The first-order valence-electron chi connectivity index (χ1n) is 4.81. The molecule has 1 saturated carbocycles. The summed E-state index contributed by atoms with van der Waals surface area (Å²) in [6, 6.07) is 0. The normalized spacial score (nSPS) is 25.1. The fraction of sp³-hybridized carbons (Fsp3) is 0.700. The second kappa shape index (κ2) is 4.91. The Labute approximate surface area is 87.7 Å². The van der Waals surface area contributed by atoms with Crippen LogP contribution in [0.15, 0.2) is 0 Å². The van der Waals surface area contributed by atoms with Crippen molar-refractivity contribution in [1.82, 2.24) is 0 Å². The molecule has 0 unspecified atom stereocenters. The summed E-state index contributed by atoms with van der Waals surface area (Å²) < 4.78 is 9.45. The number of hydrogen-bond donors (Lipinski definition) is 0. The molecule has 2 atom stereocenters. The first-order valence-corrected chi connectivity index (χ1v) is 4.81. The van der Waals surface area contributed by atoms with Crippen LogP contribution in [-0.4, -0.2) is 30.9 Å². The van der Waals surface area contributed by atoms with Gasteiger partial charge in [-0.2, -0.15) is 0 Å². The minimum atomic E-state index is -0.527. The number of hydrogen-bond acceptors (Lipinski definition) is 5. The molecule has 1 rings (SSSR count). The van der Waals surface area contributed by atoms with Crippen molar-refractivity contribution in [3.8, 4) is 0 Å². The molecule has 1 aliphatic carbocycles. The predicted molar refractivity (Wildman–Crippen MR) is 49.9 cm³/mol. The van der Waals surface area contributed by atoms with Gasteiger partial charge in [0.2, 0.25) is 0 Å². The van der Waals surface area contributed by atoms with E-state index in [1.807, 2.05) is 0 Å². The third-order valence-electron chi connectivity index (χ3n) is 2.47. The molecule has 0 aromatic carbocycles. The maximum atomic E-state index is 11.4. The molecule has 1 aliphatic rings. The number of carbonyl (C=O) groups excluding carboxylic acids is 3. The number of Topliss-reactive ketones (excluding diaryl/α,β-unsaturated/α-hetero) is 1. The van der Waals surface area contributed by atoms with Gasteiger partial charge in [0.25, 0.3) is 0 Å². The number of ether oxygens (including phenoxy) is 2. The van der Waals surface area contributed by atoms with Crippen LogP contribution in [-0.2, 0) is 23.9 Å². The first kappa shape index (κ1) is 11.7. The van der Waals surface area contributed by atoms with Gasteiger partial charge in [0.05, 0.1) is 19.4 Å². The minimum Gasteiger partial charge on any atom is -0.469 e. The molecule has 0 radical (unpaired) electrons. The van der Waals surface area contributed by atoms with Crippen LogP contribution in [0, 0.1) is 5.92 Å². The van der Waals surface area contributed by atoms with Gasteiger partial charge in [0.1, 0.15) is 11.9 Å². The average molecular weight is 214 g/mol. The lowest BCUT2D eigenvalue weighted by Gasteiger charge is -2.16. The molecule has 5 heteroatoms. The van der Waals surface area contributed by atoms with Crippen LogP contribution in [0.1, 0.15) is 26.2 Å². The van der Waals surface area contributed by atoms with E-state index >= 15 is 0 Å². The molecular weight excluding hydrogens is 200 g/mol. The zero-order valence-corrected chi connectivity index (χ0v) is 8.82. The third kappa shape index (κ3) is 3.04. The lowest BCUT2D eigenvalue weighted by molar-refractivity contribution is -0.153. The van der Waals surface area contributed by atoms with E-state index in [1.54, 1.807) is 0 Å². The lowest BCUT2D eigenvalue weighted by Crippen LogP contribution is -2.27. The van der Waals surface area contributed by atoms with E-state index in [0.29, 0.717) is 12.8 Å². The van der Waals surface area contributed by atoms with Crippen molar-refractivity contribution < 1.29 is 23.9 Å². The number of carbonyl (C=O) groups is 3. The highest BCUT2D eigenvalue weighted by Crippen LogP contribution is 2.28. The number of esters is 2. The van der Waals surface area contributed by atoms with Crippen molar-refractivity contribution in [3.63, 3.8) is 0 Å². The molecule has 0 amide bonds. The highest BCUT2D eigenvalue weighted by molar-refractivity contribution is 5.88. The molecule has 15 heavy (non-hydrogen) atoms. The van der Waals surface area contributed by atoms with E-state index in [-0.39, 0.29) is 12.2 Å². The molecule has 0 heterocycles. The summed E-state index contributed by atoms with van der Waals surface area (Å²) in [5, 5.41) is 0. The van der Waals surface area contributed by atoms with E-state index < -0.39 is 24.0 Å². The fourth-order valence-electron chi connectivity index (χ4n) is 1.74. The third-order valence-corrected chi connectivity index (χ3v) is 2.47. The van der Waals surface area contributed by atoms with Gasteiger partial charge in [-0.05, 0) is 6.42 Å². The monoisotopic (exact) mass is 214 g/mol. The summed E-state index contributed by atoms with van der Waals surface area (Å²) in [7, 11) is 1.27. The number of ketones is 1. The molecule has 0 saturated heterocycles. The zero-order chi connectivity index (χ0) is 11.4. The van der Waals surface area contributed by atoms with Gasteiger partial charge >= 0.3 is 11.9 Å². The highest BCUT2D eigenvalue weighted by Gasteiger charge is 2.38. The van der Waals surface area contributed by atoms with Gasteiger partial charge in [0.15, 0.2) is 0 Å². The van der Waals surface area contributed by atoms with Crippen LogP contribution in [0.2, 0.25) is 0 Å². The smallest absolute Gasteiger partial charge is 0.306 e. The molecular formula is C10H14O5. The fourth-order valence-corrected chi connectivity index (χ4v) is 1.74. The summed E-state index contributed by atoms with van der Waals surface area (Å²) in [6.07, 6.45) is 0.390. The van der Waals surface area contributed by atoms with Crippen molar-refractivity contribution in [2.75, 3.05) is 7.11 Å². The maximum Gasteiger partial charge on any atom is 0.306 e. The molecule has 0 aliphatic heterocycles. The standard InChI is InChI=1S/C10H14O5/c1-6(11)15-9-4-3-8(12)7(9)5-10(13)14-2/h7,9H,3-5H2,1-2H3/t7-,9-/m1/s1. The Morgan fingerprint density at radius 2 is 2.13 bits per heavy atom. The Balaban J connectivity index is 2.60. The summed E-state index contributed by atoms with van der Waals surface area (Å²) in [5.41, 5.74) is 0. The molecule has 0 N–H and O–H groups in total. The number of methoxy groups -OCH3 is 1. The largest absolute Gasteiger partial charge is 0.469 e. The van der Waals surface area contributed by atoms with E-state index in [4.69, 9.17) is 4.74 Å². The van der Waals surface area contributed by atoms with Crippen LogP contribution in [0.3, 0.4) is 0 Å². The Bertz CT molecular complexity index is 284. The van der Waals surface area contributed by atoms with E-state index in [1.165, 1.54) is 14.0 Å². The second-order valence-corrected chi connectivity index (χ2v) is 3.54. The van der Waals surface area contributed by atoms with Gasteiger partial charge in [-0.3, -0.25) is 14.4 Å². The average Bonchev–Trinajstić information content (AvgIpc) is 2.49. The predicted octanol–water partition coefficient (Wildman–Crippen LogP) is 0.460. The van der Waals surface area contributed by atoms with Crippen LogP contribution in [0.25, 0.3) is 0 Å². The summed E-state index contributed by atoms with van der Waals surface area (Å²) in [4.78, 5) is 33.2. The quantitative estimate of drug-likeness (QED) is 0.638. The Hall–Kier alpha value is -1.39. The van der Waals surface area contributed by atoms with Gasteiger partial charge < -0.3 is 9.47 Å². The summed E-state index contributed by atoms with van der Waals surface area (Å²) in [6.45, 7) is 1.29. The van der Waals surface area contributed by atoms with Crippen LogP contribution < -0.4 is 0 Å². The van der Waals surface area contributed by atoms with Crippen molar-refractivity contribution >= 4 is 17.7 Å². The molecule has 0 bridgehead atoms. The van der Waals surface area contributed by atoms with Crippen LogP contribution in [0.4, 0.5) is 0 Å². The Morgan fingerprint density at radius 1 is 1.47 bits per heavy atom. The van der Waals surface area contributed by atoms with Crippen molar-refractivity contribution in [2.45, 2.75) is 32.3 Å². The molecule has 1 fully saturated rings. The molecule has 0 spiro atoms. The minimum absolute atomic E-state index is 0.00667. The van der Waals surface area contributed by atoms with Gasteiger partial charge in [0, 0.05) is 13.3 Å². The SMILES string of the molecule is COC(=O)C[C@@H]1C(=O)CC[C@H]1OC(C)=O. The van der Waals surface area contributed by atoms with Crippen LogP contribution >= 0.6 is 0 Å². The van der Waals surface area contributed by atoms with E-state index in [0.717, 1.165) is 0 Å². The van der Waals surface area contributed by atoms with Gasteiger partial charge in [-0.15, -0.1) is 0 Å². The Kier molecular flexibility index (Phi) is 3.82.